The molecule has 3 heteroatoms. The lowest BCUT2D eigenvalue weighted by atomic mass is 9.76. The van der Waals surface area contributed by atoms with Gasteiger partial charge in [-0.2, -0.15) is 0 Å². The van der Waals surface area contributed by atoms with Crippen LogP contribution in [0, 0.1) is 17.3 Å². The highest BCUT2D eigenvalue weighted by Gasteiger charge is 2.32. The zero-order valence-electron chi connectivity index (χ0n) is 18.2. The molecular weight excluding hydrogens is 336 g/mol. The minimum Gasteiger partial charge on any atom is -0.375 e. The third-order valence-electron chi connectivity index (χ3n) is 7.32. The Hall–Kier alpha value is -0.410. The van der Waals surface area contributed by atoms with Gasteiger partial charge in [0.25, 0.3) is 0 Å². The molecule has 0 spiro atoms. The first-order valence-corrected chi connectivity index (χ1v) is 11.7. The van der Waals surface area contributed by atoms with Crippen LogP contribution < -0.4 is 0 Å². The van der Waals surface area contributed by atoms with Crippen molar-refractivity contribution in [3.8, 4) is 0 Å². The topological polar surface area (TPSA) is 35.5 Å². The van der Waals surface area contributed by atoms with Crippen molar-refractivity contribution in [3.63, 3.8) is 0 Å². The first kappa shape index (κ1) is 21.3. The van der Waals surface area contributed by atoms with Gasteiger partial charge in [0.2, 0.25) is 0 Å². The summed E-state index contributed by atoms with van der Waals surface area (Å²) in [6, 6.07) is 0. The van der Waals surface area contributed by atoms with E-state index in [1.54, 1.807) is 0 Å². The minimum absolute atomic E-state index is 0.179. The first-order valence-electron chi connectivity index (χ1n) is 11.7. The number of ketones is 1. The quantitative estimate of drug-likeness (QED) is 0.561. The first-order chi connectivity index (χ1) is 12.8. The predicted octanol–water partition coefficient (Wildman–Crippen LogP) is 6.08. The van der Waals surface area contributed by atoms with Crippen LogP contribution in [0.4, 0.5) is 0 Å². The third-order valence-corrected chi connectivity index (χ3v) is 7.32. The summed E-state index contributed by atoms with van der Waals surface area (Å²) < 4.78 is 12.9. The standard InChI is InChI=1S/C24H42O3/c1-17(2)23(25)18-5-7-19(8-6-18)26-20-9-11-21(12-10-20)27-22-13-15-24(3,4)16-14-22/h17-22H,5-16H2,1-4H3. The van der Waals surface area contributed by atoms with Gasteiger partial charge in [-0.1, -0.05) is 27.7 Å². The van der Waals surface area contributed by atoms with Crippen LogP contribution in [-0.2, 0) is 14.3 Å². The minimum atomic E-state index is 0.179. The number of hydrogen-bond donors (Lipinski definition) is 0. The molecule has 0 atom stereocenters. The maximum absolute atomic E-state index is 12.2. The molecule has 0 aromatic rings. The largest absolute Gasteiger partial charge is 0.375 e. The van der Waals surface area contributed by atoms with Crippen LogP contribution in [0.2, 0.25) is 0 Å². The van der Waals surface area contributed by atoms with E-state index in [0.717, 1.165) is 51.4 Å². The molecule has 0 aromatic carbocycles. The lowest BCUT2D eigenvalue weighted by Crippen LogP contribution is -2.35. The van der Waals surface area contributed by atoms with Crippen molar-refractivity contribution in [2.45, 2.75) is 129 Å². The summed E-state index contributed by atoms with van der Waals surface area (Å²) in [7, 11) is 0. The fraction of sp³-hybridized carbons (Fsp3) is 0.958. The number of carbonyl (C=O) groups excluding carboxylic acids is 1. The molecule has 0 N–H and O–H groups in total. The Morgan fingerprint density at radius 2 is 1.07 bits per heavy atom. The highest BCUT2D eigenvalue weighted by molar-refractivity contribution is 5.82. The van der Waals surface area contributed by atoms with Gasteiger partial charge in [0, 0.05) is 11.8 Å². The zero-order chi connectivity index (χ0) is 19.4. The smallest absolute Gasteiger partial charge is 0.138 e. The monoisotopic (exact) mass is 378 g/mol. The highest BCUT2D eigenvalue weighted by atomic mass is 16.5. The number of rotatable bonds is 6. The van der Waals surface area contributed by atoms with Gasteiger partial charge >= 0.3 is 0 Å². The van der Waals surface area contributed by atoms with Gasteiger partial charge in [-0.15, -0.1) is 0 Å². The Labute approximate surface area is 167 Å². The Bertz CT molecular complexity index is 458. The van der Waals surface area contributed by atoms with Crippen LogP contribution in [0.1, 0.15) is 105 Å². The summed E-state index contributed by atoms with van der Waals surface area (Å²) in [6.07, 6.45) is 15.6. The molecule has 3 nitrogen and oxygen atoms in total. The second kappa shape index (κ2) is 9.39. The second-order valence-corrected chi connectivity index (χ2v) is 10.6. The molecule has 0 heterocycles. The predicted molar refractivity (Wildman–Crippen MR) is 110 cm³/mol. The molecule has 3 aliphatic rings. The third kappa shape index (κ3) is 6.29. The van der Waals surface area contributed by atoms with E-state index >= 15 is 0 Å². The molecule has 27 heavy (non-hydrogen) atoms. The maximum Gasteiger partial charge on any atom is 0.138 e. The molecule has 0 bridgehead atoms. The molecule has 3 aliphatic carbocycles. The maximum atomic E-state index is 12.2. The molecule has 3 fully saturated rings. The van der Waals surface area contributed by atoms with E-state index in [9.17, 15) is 4.79 Å². The average molecular weight is 379 g/mol. The number of Topliss-reactive ketones (excluding diaryl/α,β-unsaturated/α-hetero) is 1. The summed E-state index contributed by atoms with van der Waals surface area (Å²) in [6.45, 7) is 8.83. The van der Waals surface area contributed by atoms with Crippen LogP contribution >= 0.6 is 0 Å². The van der Waals surface area contributed by atoms with E-state index in [0.29, 0.717) is 35.6 Å². The Kier molecular flexibility index (Phi) is 7.41. The fourth-order valence-electron chi connectivity index (χ4n) is 5.31. The van der Waals surface area contributed by atoms with Crippen molar-refractivity contribution >= 4 is 5.78 Å². The van der Waals surface area contributed by atoms with Crippen LogP contribution in [0.5, 0.6) is 0 Å². The van der Waals surface area contributed by atoms with Crippen molar-refractivity contribution in [3.05, 3.63) is 0 Å². The molecule has 0 unspecified atom stereocenters. The summed E-state index contributed by atoms with van der Waals surface area (Å²) >= 11 is 0. The van der Waals surface area contributed by atoms with Crippen LogP contribution in [-0.4, -0.2) is 30.2 Å². The van der Waals surface area contributed by atoms with Crippen LogP contribution in [0.15, 0.2) is 0 Å². The van der Waals surface area contributed by atoms with Crippen molar-refractivity contribution in [2.75, 3.05) is 0 Å². The summed E-state index contributed by atoms with van der Waals surface area (Å²) in [5.74, 6) is 0.921. The van der Waals surface area contributed by atoms with Gasteiger partial charge < -0.3 is 9.47 Å². The molecular formula is C24H42O3. The van der Waals surface area contributed by atoms with Gasteiger partial charge in [0.15, 0.2) is 0 Å². The van der Waals surface area contributed by atoms with Gasteiger partial charge in [0.1, 0.15) is 5.78 Å². The van der Waals surface area contributed by atoms with Crippen molar-refractivity contribution in [1.29, 1.82) is 0 Å². The Morgan fingerprint density at radius 1 is 0.704 bits per heavy atom. The lowest BCUT2D eigenvalue weighted by molar-refractivity contribution is -0.129. The molecule has 0 amide bonds. The van der Waals surface area contributed by atoms with E-state index in [1.165, 1.54) is 25.7 Å². The number of carbonyl (C=O) groups is 1. The van der Waals surface area contributed by atoms with Gasteiger partial charge in [0.05, 0.1) is 24.4 Å². The zero-order valence-corrected chi connectivity index (χ0v) is 18.2. The lowest BCUT2D eigenvalue weighted by Gasteiger charge is -2.38. The molecule has 156 valence electrons. The molecule has 3 rings (SSSR count). The summed E-state index contributed by atoms with van der Waals surface area (Å²) in [4.78, 5) is 12.2. The van der Waals surface area contributed by atoms with E-state index in [-0.39, 0.29) is 11.8 Å². The van der Waals surface area contributed by atoms with Crippen molar-refractivity contribution in [2.24, 2.45) is 17.3 Å². The Balaban J connectivity index is 1.32. The van der Waals surface area contributed by atoms with Crippen molar-refractivity contribution in [1.82, 2.24) is 0 Å². The second-order valence-electron chi connectivity index (χ2n) is 10.6. The van der Waals surface area contributed by atoms with E-state index in [4.69, 9.17) is 9.47 Å². The number of hydrogen-bond acceptors (Lipinski definition) is 3. The average Bonchev–Trinajstić information content (AvgIpc) is 2.65. The van der Waals surface area contributed by atoms with Gasteiger partial charge in [-0.25, -0.2) is 0 Å². The number of ether oxygens (including phenoxy) is 2. The molecule has 0 aliphatic heterocycles. The van der Waals surface area contributed by atoms with Crippen LogP contribution in [0.25, 0.3) is 0 Å². The Morgan fingerprint density at radius 3 is 1.48 bits per heavy atom. The van der Waals surface area contributed by atoms with E-state index in [1.807, 2.05) is 13.8 Å². The molecule has 0 aromatic heterocycles. The van der Waals surface area contributed by atoms with Crippen molar-refractivity contribution < 1.29 is 14.3 Å². The van der Waals surface area contributed by atoms with E-state index < -0.39 is 0 Å². The highest BCUT2D eigenvalue weighted by Crippen LogP contribution is 2.38. The summed E-state index contributed by atoms with van der Waals surface area (Å²) in [5.41, 5.74) is 0.518. The van der Waals surface area contributed by atoms with E-state index in [2.05, 4.69) is 13.8 Å². The molecule has 0 saturated heterocycles. The fourth-order valence-corrected chi connectivity index (χ4v) is 5.31. The summed E-state index contributed by atoms with van der Waals surface area (Å²) in [5, 5.41) is 0. The SMILES string of the molecule is CC(C)C(=O)C1CCC(OC2CCC(OC3CCC(C)(C)CC3)CC2)CC1. The normalized spacial score (nSPS) is 35.3. The van der Waals surface area contributed by atoms with Gasteiger partial charge in [-0.05, 0) is 82.5 Å². The van der Waals surface area contributed by atoms with Crippen LogP contribution in [0.3, 0.4) is 0 Å². The molecule has 3 saturated carbocycles. The van der Waals surface area contributed by atoms with Gasteiger partial charge in [-0.3, -0.25) is 4.79 Å². The molecule has 0 radical (unpaired) electrons.